The SMILES string of the molecule is CNC(=O)[C@H]1CCCC[C@H]1C(=O)N1CCc2c(Br)ccc(O[C@H]3CCN(C(C)=O)C3)c2[C@H]1CN1C(=O)c2ccccc2C1=O. The Kier molecular flexibility index (Phi) is 8.50. The summed E-state index contributed by atoms with van der Waals surface area (Å²) in [4.78, 5) is 71.2. The number of likely N-dealkylation sites (tertiary alicyclic amines) is 1. The van der Waals surface area contributed by atoms with Crippen LogP contribution in [0.1, 0.15) is 76.9 Å². The van der Waals surface area contributed by atoms with Crippen molar-refractivity contribution in [1.82, 2.24) is 20.0 Å². The lowest BCUT2D eigenvalue weighted by Gasteiger charge is -2.43. The third kappa shape index (κ3) is 5.39. The van der Waals surface area contributed by atoms with Crippen LogP contribution in [0.5, 0.6) is 5.75 Å². The first-order valence-corrected chi connectivity index (χ1v) is 16.2. The van der Waals surface area contributed by atoms with Gasteiger partial charge in [-0.05, 0) is 49.1 Å². The van der Waals surface area contributed by atoms with Gasteiger partial charge in [-0.15, -0.1) is 0 Å². The number of carbonyl (C=O) groups excluding carboxylic acids is 5. The van der Waals surface area contributed by atoms with Crippen LogP contribution in [0.15, 0.2) is 40.9 Å². The number of rotatable bonds is 6. The number of halogens is 1. The summed E-state index contributed by atoms with van der Waals surface area (Å²) in [7, 11) is 1.60. The van der Waals surface area contributed by atoms with Crippen molar-refractivity contribution in [3.05, 3.63) is 63.1 Å². The topological polar surface area (TPSA) is 116 Å². The van der Waals surface area contributed by atoms with Crippen molar-refractivity contribution in [3.8, 4) is 5.75 Å². The number of fused-ring (bicyclic) bond motifs is 2. The fraction of sp³-hybridized carbons (Fsp3) is 0.485. The Hall–Kier alpha value is -3.73. The molecule has 1 aliphatic carbocycles. The van der Waals surface area contributed by atoms with Crippen molar-refractivity contribution in [3.63, 3.8) is 0 Å². The summed E-state index contributed by atoms with van der Waals surface area (Å²) in [5, 5.41) is 2.74. The van der Waals surface area contributed by atoms with E-state index >= 15 is 0 Å². The highest BCUT2D eigenvalue weighted by Gasteiger charge is 2.45. The van der Waals surface area contributed by atoms with E-state index in [0.717, 1.165) is 28.4 Å². The van der Waals surface area contributed by atoms with Crippen LogP contribution in [0.4, 0.5) is 0 Å². The number of benzene rings is 2. The molecular weight excluding hydrogens is 628 g/mol. The molecule has 2 aromatic rings. The second kappa shape index (κ2) is 12.3. The van der Waals surface area contributed by atoms with Gasteiger partial charge in [0.2, 0.25) is 17.7 Å². The van der Waals surface area contributed by atoms with Crippen LogP contribution in [0.2, 0.25) is 0 Å². The van der Waals surface area contributed by atoms with Crippen LogP contribution < -0.4 is 10.1 Å². The highest BCUT2D eigenvalue weighted by Crippen LogP contribution is 2.44. The molecule has 1 saturated heterocycles. The Morgan fingerprint density at radius 3 is 2.27 bits per heavy atom. The number of nitrogens with one attached hydrogen (secondary N) is 1. The number of amides is 5. The summed E-state index contributed by atoms with van der Waals surface area (Å²) in [6, 6.07) is 9.86. The first kappa shape index (κ1) is 30.3. The van der Waals surface area contributed by atoms with Gasteiger partial charge in [-0.1, -0.05) is 40.9 Å². The number of carbonyl (C=O) groups is 5. The molecule has 3 aliphatic heterocycles. The van der Waals surface area contributed by atoms with E-state index in [4.69, 9.17) is 4.74 Å². The average Bonchev–Trinajstić information content (AvgIpc) is 3.61. The monoisotopic (exact) mass is 664 g/mol. The molecule has 0 spiro atoms. The molecule has 4 atom stereocenters. The molecule has 11 heteroatoms. The maximum absolute atomic E-state index is 14.5. The molecule has 5 amide bonds. The highest BCUT2D eigenvalue weighted by molar-refractivity contribution is 9.10. The second-order valence-electron chi connectivity index (χ2n) is 12.1. The number of hydrogen-bond acceptors (Lipinski definition) is 6. The van der Waals surface area contributed by atoms with E-state index in [9.17, 15) is 24.0 Å². The van der Waals surface area contributed by atoms with Crippen LogP contribution >= 0.6 is 15.9 Å². The Balaban J connectivity index is 1.40. The molecule has 10 nitrogen and oxygen atoms in total. The largest absolute Gasteiger partial charge is 0.488 e. The third-order valence-electron chi connectivity index (χ3n) is 9.64. The molecule has 0 bridgehead atoms. The van der Waals surface area contributed by atoms with Crippen molar-refractivity contribution in [2.45, 2.75) is 57.6 Å². The first-order chi connectivity index (χ1) is 21.2. The molecule has 44 heavy (non-hydrogen) atoms. The van der Waals surface area contributed by atoms with E-state index in [1.807, 2.05) is 12.1 Å². The lowest BCUT2D eigenvalue weighted by molar-refractivity contribution is -0.146. The standard InChI is InChI=1S/C33H37BrN4O6/c1-19(39)36-15-13-20(17-36)44-28-12-11-26(34)25-14-16-37(31(41)22-8-4-3-7-21(22)30(40)35-2)27(29(25)28)18-38-32(42)23-9-5-6-10-24(23)33(38)43/h5-6,9-12,20-22,27H,3-4,7-8,13-18H2,1-2H3,(H,35,40)/t20-,21-,22+,27+/m0/s1. The minimum Gasteiger partial charge on any atom is -0.488 e. The van der Waals surface area contributed by atoms with Gasteiger partial charge in [-0.3, -0.25) is 28.9 Å². The molecule has 0 radical (unpaired) electrons. The number of imide groups is 1. The van der Waals surface area contributed by atoms with Crippen molar-refractivity contribution < 1.29 is 28.7 Å². The number of nitrogens with zero attached hydrogens (tertiary/aromatic N) is 3. The smallest absolute Gasteiger partial charge is 0.261 e. The van der Waals surface area contributed by atoms with Crippen LogP contribution in [-0.2, 0) is 20.8 Å². The molecule has 6 rings (SSSR count). The Morgan fingerprint density at radius 2 is 1.64 bits per heavy atom. The fourth-order valence-electron chi connectivity index (χ4n) is 7.34. The van der Waals surface area contributed by atoms with Crippen molar-refractivity contribution >= 4 is 45.5 Å². The van der Waals surface area contributed by atoms with Gasteiger partial charge < -0.3 is 19.9 Å². The van der Waals surface area contributed by atoms with E-state index in [1.165, 1.54) is 4.90 Å². The summed E-state index contributed by atoms with van der Waals surface area (Å²) < 4.78 is 7.42. The van der Waals surface area contributed by atoms with Crippen molar-refractivity contribution in [2.24, 2.45) is 11.8 Å². The minimum atomic E-state index is -0.682. The first-order valence-electron chi connectivity index (χ1n) is 15.4. The molecule has 0 aromatic heterocycles. The highest BCUT2D eigenvalue weighted by atomic mass is 79.9. The summed E-state index contributed by atoms with van der Waals surface area (Å²) in [5.41, 5.74) is 2.41. The maximum atomic E-state index is 14.5. The maximum Gasteiger partial charge on any atom is 0.261 e. The number of ether oxygens (including phenoxy) is 1. The average molecular weight is 666 g/mol. The molecule has 0 unspecified atom stereocenters. The van der Waals surface area contributed by atoms with Gasteiger partial charge in [0.1, 0.15) is 11.9 Å². The molecular formula is C33H37BrN4O6. The van der Waals surface area contributed by atoms with Gasteiger partial charge >= 0.3 is 0 Å². The Labute approximate surface area is 265 Å². The zero-order chi connectivity index (χ0) is 31.1. The second-order valence-corrected chi connectivity index (χ2v) is 13.0. The summed E-state index contributed by atoms with van der Waals surface area (Å²) >= 11 is 3.70. The molecule has 1 saturated carbocycles. The summed E-state index contributed by atoms with van der Waals surface area (Å²) in [6.07, 6.45) is 3.96. The van der Waals surface area contributed by atoms with Gasteiger partial charge in [0, 0.05) is 55.4 Å². The van der Waals surface area contributed by atoms with Gasteiger partial charge in [-0.25, -0.2) is 0 Å². The van der Waals surface area contributed by atoms with E-state index in [0.29, 0.717) is 62.2 Å². The van der Waals surface area contributed by atoms with Crippen molar-refractivity contribution in [2.75, 3.05) is 33.2 Å². The molecule has 1 N–H and O–H groups in total. The quantitative estimate of drug-likeness (QED) is 0.471. The van der Waals surface area contributed by atoms with Gasteiger partial charge in [0.05, 0.1) is 30.3 Å². The van der Waals surface area contributed by atoms with Gasteiger partial charge in [0.15, 0.2) is 0 Å². The predicted molar refractivity (Wildman–Crippen MR) is 165 cm³/mol. The molecule has 232 valence electrons. The normalized spacial score (nSPS) is 24.7. The molecule has 4 aliphatic rings. The summed E-state index contributed by atoms with van der Waals surface area (Å²) in [5.74, 6) is -1.42. The third-order valence-corrected chi connectivity index (χ3v) is 10.4. The Bertz CT molecular complexity index is 1490. The van der Waals surface area contributed by atoms with E-state index in [2.05, 4.69) is 21.2 Å². The minimum absolute atomic E-state index is 0.00707. The van der Waals surface area contributed by atoms with Crippen LogP contribution in [0, 0.1) is 11.8 Å². The number of hydrogen-bond donors (Lipinski definition) is 1. The zero-order valence-electron chi connectivity index (χ0n) is 25.0. The van der Waals surface area contributed by atoms with Crippen LogP contribution in [0.3, 0.4) is 0 Å². The molecule has 2 aromatic carbocycles. The predicted octanol–water partition coefficient (Wildman–Crippen LogP) is 3.72. The lowest BCUT2D eigenvalue weighted by Crippen LogP contribution is -2.51. The zero-order valence-corrected chi connectivity index (χ0v) is 26.6. The van der Waals surface area contributed by atoms with E-state index in [1.54, 1.807) is 48.0 Å². The fourth-order valence-corrected chi connectivity index (χ4v) is 7.89. The van der Waals surface area contributed by atoms with Crippen LogP contribution in [0.25, 0.3) is 0 Å². The van der Waals surface area contributed by atoms with E-state index in [-0.39, 0.29) is 30.4 Å². The Morgan fingerprint density at radius 1 is 0.955 bits per heavy atom. The molecule has 3 heterocycles. The van der Waals surface area contributed by atoms with Crippen molar-refractivity contribution in [1.29, 1.82) is 0 Å². The summed E-state index contributed by atoms with van der Waals surface area (Å²) in [6.45, 7) is 2.94. The molecule has 2 fully saturated rings. The van der Waals surface area contributed by atoms with E-state index < -0.39 is 29.7 Å². The lowest BCUT2D eigenvalue weighted by atomic mass is 9.77. The van der Waals surface area contributed by atoms with Crippen LogP contribution in [-0.4, -0.2) is 83.6 Å². The van der Waals surface area contributed by atoms with Gasteiger partial charge in [-0.2, -0.15) is 0 Å². The van der Waals surface area contributed by atoms with Gasteiger partial charge in [0.25, 0.3) is 11.8 Å².